The van der Waals surface area contributed by atoms with Gasteiger partial charge in [-0.15, -0.1) is 0 Å². The predicted octanol–water partition coefficient (Wildman–Crippen LogP) is 2.16. The first kappa shape index (κ1) is 12.5. The van der Waals surface area contributed by atoms with Crippen LogP contribution in [0.15, 0.2) is 36.5 Å². The number of hydrogen-bond donors (Lipinski definition) is 2. The summed E-state index contributed by atoms with van der Waals surface area (Å²) in [5.41, 5.74) is 7.37. The maximum Gasteiger partial charge on any atom is 0.241 e. The molecule has 1 amide bonds. The average molecular weight is 243 g/mol. The molecule has 4 nitrogen and oxygen atoms in total. The van der Waals surface area contributed by atoms with E-state index >= 15 is 0 Å². The number of nitrogens with two attached hydrogens (primary N) is 1. The largest absolute Gasteiger partial charge is 0.323 e. The fourth-order valence-electron chi connectivity index (χ4n) is 1.67. The molecule has 0 spiro atoms. The molecule has 0 saturated heterocycles. The lowest BCUT2D eigenvalue weighted by Gasteiger charge is -2.15. The molecular formula is C14H17N3O. The van der Waals surface area contributed by atoms with Crippen LogP contribution in [0.3, 0.4) is 0 Å². The summed E-state index contributed by atoms with van der Waals surface area (Å²) in [6.07, 6.45) is 1.65. The Bertz CT molecular complexity index is 566. The number of anilines is 1. The number of pyridine rings is 1. The number of aromatic nitrogens is 1. The maximum absolute atomic E-state index is 11.8. The van der Waals surface area contributed by atoms with E-state index in [0.29, 0.717) is 5.69 Å². The summed E-state index contributed by atoms with van der Waals surface area (Å²) in [6.45, 7) is 3.84. The molecule has 1 aromatic carbocycles. The molecule has 1 aromatic heterocycles. The van der Waals surface area contributed by atoms with Crippen LogP contribution in [-0.2, 0) is 4.79 Å². The second-order valence-electron chi connectivity index (χ2n) is 4.68. The zero-order valence-electron chi connectivity index (χ0n) is 10.6. The number of para-hydroxylation sites is 1. The van der Waals surface area contributed by atoms with Crippen molar-refractivity contribution in [1.29, 1.82) is 0 Å². The van der Waals surface area contributed by atoms with Gasteiger partial charge in [0.2, 0.25) is 5.91 Å². The Labute approximate surface area is 106 Å². The number of rotatable bonds is 3. The molecule has 0 bridgehead atoms. The normalized spacial score (nSPS) is 12.7. The van der Waals surface area contributed by atoms with Crippen LogP contribution >= 0.6 is 0 Å². The summed E-state index contributed by atoms with van der Waals surface area (Å²) in [7, 11) is 0. The number of carbonyl (C=O) groups excluding carboxylic acids is 1. The van der Waals surface area contributed by atoms with E-state index in [2.05, 4.69) is 10.3 Å². The van der Waals surface area contributed by atoms with Gasteiger partial charge >= 0.3 is 0 Å². The summed E-state index contributed by atoms with van der Waals surface area (Å²) in [6, 6.07) is 9.16. The third-order valence-corrected chi connectivity index (χ3v) is 2.88. The smallest absolute Gasteiger partial charge is 0.241 e. The number of amides is 1. The Morgan fingerprint density at radius 3 is 2.78 bits per heavy atom. The lowest BCUT2D eigenvalue weighted by atomic mass is 10.0. The van der Waals surface area contributed by atoms with Crippen LogP contribution in [0.2, 0.25) is 0 Å². The molecule has 2 rings (SSSR count). The number of carbonyl (C=O) groups is 1. The molecule has 0 radical (unpaired) electrons. The van der Waals surface area contributed by atoms with Gasteiger partial charge in [-0.3, -0.25) is 9.78 Å². The molecular weight excluding hydrogens is 226 g/mol. The van der Waals surface area contributed by atoms with E-state index in [1.54, 1.807) is 6.20 Å². The molecule has 0 aliphatic rings. The highest BCUT2D eigenvalue weighted by Gasteiger charge is 2.17. The van der Waals surface area contributed by atoms with Gasteiger partial charge in [-0.1, -0.05) is 32.0 Å². The Morgan fingerprint density at radius 1 is 1.33 bits per heavy atom. The molecule has 0 unspecified atom stereocenters. The summed E-state index contributed by atoms with van der Waals surface area (Å²) in [5.74, 6) is -0.0690. The zero-order chi connectivity index (χ0) is 13.1. The first-order valence-corrected chi connectivity index (χ1v) is 5.99. The van der Waals surface area contributed by atoms with Gasteiger partial charge in [-0.2, -0.15) is 0 Å². The van der Waals surface area contributed by atoms with Crippen LogP contribution in [0.1, 0.15) is 13.8 Å². The van der Waals surface area contributed by atoms with Gasteiger partial charge in [0.05, 0.1) is 23.4 Å². The highest BCUT2D eigenvalue weighted by Crippen LogP contribution is 2.16. The fourth-order valence-corrected chi connectivity index (χ4v) is 1.67. The molecule has 1 heterocycles. The van der Waals surface area contributed by atoms with Crippen molar-refractivity contribution < 1.29 is 4.79 Å². The summed E-state index contributed by atoms with van der Waals surface area (Å²) >= 11 is 0. The minimum absolute atomic E-state index is 0.110. The molecule has 3 N–H and O–H groups in total. The standard InChI is InChI=1S/C14H17N3O/c1-9(2)13(15)14(18)17-11-7-10-5-3-4-6-12(10)16-8-11/h3-9,13H,15H2,1-2H3,(H,17,18)/t13-/m0/s1. The van der Waals surface area contributed by atoms with Crippen molar-refractivity contribution in [3.8, 4) is 0 Å². The van der Waals surface area contributed by atoms with E-state index < -0.39 is 6.04 Å². The van der Waals surface area contributed by atoms with Crippen LogP contribution in [0, 0.1) is 5.92 Å². The van der Waals surface area contributed by atoms with Crippen molar-refractivity contribution in [2.75, 3.05) is 5.32 Å². The van der Waals surface area contributed by atoms with E-state index in [0.717, 1.165) is 10.9 Å². The van der Waals surface area contributed by atoms with E-state index in [-0.39, 0.29) is 11.8 Å². The number of nitrogens with one attached hydrogen (secondary N) is 1. The second kappa shape index (κ2) is 5.14. The summed E-state index contributed by atoms with van der Waals surface area (Å²) in [4.78, 5) is 16.1. The van der Waals surface area contributed by atoms with Crippen LogP contribution in [0.5, 0.6) is 0 Å². The Kier molecular flexibility index (Phi) is 3.58. The minimum Gasteiger partial charge on any atom is -0.323 e. The molecule has 0 aliphatic carbocycles. The van der Waals surface area contributed by atoms with Gasteiger partial charge in [0.25, 0.3) is 0 Å². The van der Waals surface area contributed by atoms with Gasteiger partial charge in [0.1, 0.15) is 0 Å². The number of hydrogen-bond acceptors (Lipinski definition) is 3. The molecule has 1 atom stereocenters. The lowest BCUT2D eigenvalue weighted by Crippen LogP contribution is -2.39. The third-order valence-electron chi connectivity index (χ3n) is 2.88. The molecule has 2 aromatic rings. The quantitative estimate of drug-likeness (QED) is 0.868. The van der Waals surface area contributed by atoms with Gasteiger partial charge in [0.15, 0.2) is 0 Å². The van der Waals surface area contributed by atoms with Gasteiger partial charge in [0, 0.05) is 5.39 Å². The summed E-state index contributed by atoms with van der Waals surface area (Å²) < 4.78 is 0. The van der Waals surface area contributed by atoms with E-state index in [1.165, 1.54) is 0 Å². The average Bonchev–Trinajstić information content (AvgIpc) is 2.37. The lowest BCUT2D eigenvalue weighted by molar-refractivity contribution is -0.118. The Morgan fingerprint density at radius 2 is 2.06 bits per heavy atom. The van der Waals surface area contributed by atoms with Crippen molar-refractivity contribution >= 4 is 22.5 Å². The van der Waals surface area contributed by atoms with Crippen LogP contribution in [0.4, 0.5) is 5.69 Å². The monoisotopic (exact) mass is 243 g/mol. The topological polar surface area (TPSA) is 68.0 Å². The second-order valence-corrected chi connectivity index (χ2v) is 4.68. The van der Waals surface area contributed by atoms with Crippen LogP contribution < -0.4 is 11.1 Å². The first-order chi connectivity index (χ1) is 8.58. The van der Waals surface area contributed by atoms with Gasteiger partial charge < -0.3 is 11.1 Å². The molecule has 94 valence electrons. The number of fused-ring (bicyclic) bond motifs is 1. The van der Waals surface area contributed by atoms with Crippen molar-refractivity contribution in [2.45, 2.75) is 19.9 Å². The molecule has 4 heteroatoms. The molecule has 0 aliphatic heterocycles. The molecule has 0 fully saturated rings. The minimum atomic E-state index is -0.503. The highest BCUT2D eigenvalue weighted by molar-refractivity contribution is 5.96. The van der Waals surface area contributed by atoms with Crippen molar-refractivity contribution in [1.82, 2.24) is 4.98 Å². The van der Waals surface area contributed by atoms with Crippen molar-refractivity contribution in [3.63, 3.8) is 0 Å². The van der Waals surface area contributed by atoms with Crippen LogP contribution in [-0.4, -0.2) is 16.9 Å². The zero-order valence-corrected chi connectivity index (χ0v) is 10.6. The number of benzene rings is 1. The van der Waals surface area contributed by atoms with E-state index in [9.17, 15) is 4.79 Å². The number of nitrogens with zero attached hydrogens (tertiary/aromatic N) is 1. The fraction of sp³-hybridized carbons (Fsp3) is 0.286. The predicted molar refractivity (Wildman–Crippen MR) is 73.2 cm³/mol. The van der Waals surface area contributed by atoms with Gasteiger partial charge in [-0.25, -0.2) is 0 Å². The first-order valence-electron chi connectivity index (χ1n) is 5.99. The van der Waals surface area contributed by atoms with E-state index in [4.69, 9.17) is 5.73 Å². The highest BCUT2D eigenvalue weighted by atomic mass is 16.2. The Balaban J connectivity index is 2.19. The van der Waals surface area contributed by atoms with Gasteiger partial charge in [-0.05, 0) is 18.1 Å². The maximum atomic E-state index is 11.8. The Hall–Kier alpha value is -1.94. The SMILES string of the molecule is CC(C)[C@H](N)C(=O)Nc1cnc2ccccc2c1. The van der Waals surface area contributed by atoms with E-state index in [1.807, 2.05) is 44.2 Å². The van der Waals surface area contributed by atoms with Crippen molar-refractivity contribution in [2.24, 2.45) is 11.7 Å². The molecule has 0 saturated carbocycles. The van der Waals surface area contributed by atoms with Crippen LogP contribution in [0.25, 0.3) is 10.9 Å². The summed E-state index contributed by atoms with van der Waals surface area (Å²) in [5, 5.41) is 3.78. The third kappa shape index (κ3) is 2.65. The van der Waals surface area contributed by atoms with Crippen molar-refractivity contribution in [3.05, 3.63) is 36.5 Å². The molecule has 18 heavy (non-hydrogen) atoms.